The van der Waals surface area contributed by atoms with E-state index in [2.05, 4.69) is 0 Å². The van der Waals surface area contributed by atoms with Crippen LogP contribution in [-0.4, -0.2) is 20.7 Å². The van der Waals surface area contributed by atoms with Crippen LogP contribution in [-0.2, 0) is 16.6 Å². The van der Waals surface area contributed by atoms with E-state index in [-0.39, 0.29) is 18.2 Å². The van der Waals surface area contributed by atoms with Crippen LogP contribution in [0.25, 0.3) is 0 Å². The zero-order valence-electron chi connectivity index (χ0n) is 10.1. The van der Waals surface area contributed by atoms with Crippen molar-refractivity contribution < 1.29 is 8.42 Å². The fraction of sp³-hybridized carbons (Fsp3) is 0.455. The van der Waals surface area contributed by atoms with Crippen LogP contribution in [0.1, 0.15) is 19.4 Å². The molecule has 0 saturated heterocycles. The summed E-state index contributed by atoms with van der Waals surface area (Å²) in [5.74, 6) is 0.0970. The summed E-state index contributed by atoms with van der Waals surface area (Å²) in [5.41, 5.74) is 7.14. The molecular weight excluding hydrogens is 260 g/mol. The summed E-state index contributed by atoms with van der Waals surface area (Å²) < 4.78 is 25.2. The molecule has 0 radical (unpaired) electrons. The monoisotopic (exact) mass is 278 g/mol. The van der Waals surface area contributed by atoms with Gasteiger partial charge in [0.15, 0.2) is 0 Å². The van der Waals surface area contributed by atoms with Crippen LogP contribution in [0.15, 0.2) is 24.3 Å². The maximum absolute atomic E-state index is 11.9. The summed E-state index contributed by atoms with van der Waals surface area (Å²) >= 11 is 0. The van der Waals surface area contributed by atoms with Gasteiger partial charge in [0.25, 0.3) is 0 Å². The lowest BCUT2D eigenvalue weighted by atomic mass is 10.2. The molecule has 0 atom stereocenters. The number of nitrogens with zero attached hydrogens (tertiary/aromatic N) is 1. The maximum atomic E-state index is 11.9. The van der Waals surface area contributed by atoms with Crippen LogP contribution in [0, 0.1) is 0 Å². The molecule has 2 N–H and O–H groups in total. The number of anilines is 1. The molecule has 1 aromatic rings. The second-order valence-corrected chi connectivity index (χ2v) is 5.58. The van der Waals surface area contributed by atoms with Crippen molar-refractivity contribution in [3.8, 4) is 0 Å². The number of para-hydroxylation sites is 1. The van der Waals surface area contributed by atoms with Gasteiger partial charge in [-0.2, -0.15) is 0 Å². The van der Waals surface area contributed by atoms with Gasteiger partial charge in [-0.05, 0) is 25.5 Å². The zero-order chi connectivity index (χ0) is 12.2. The largest absolute Gasteiger partial charge is 0.326 e. The van der Waals surface area contributed by atoms with Gasteiger partial charge in [-0.1, -0.05) is 18.2 Å². The Balaban J connectivity index is 0.00000256. The Hall–Kier alpha value is -0.780. The highest BCUT2D eigenvalue weighted by molar-refractivity contribution is 7.92. The quantitative estimate of drug-likeness (QED) is 0.892. The Morgan fingerprint density at radius 3 is 2.29 bits per heavy atom. The van der Waals surface area contributed by atoms with Gasteiger partial charge in [0, 0.05) is 13.1 Å². The third kappa shape index (κ3) is 3.59. The Bertz CT molecular complexity index is 449. The molecule has 0 bridgehead atoms. The van der Waals surface area contributed by atoms with Gasteiger partial charge >= 0.3 is 0 Å². The summed E-state index contributed by atoms with van der Waals surface area (Å²) in [6, 6.07) is 7.32. The molecule has 0 aliphatic carbocycles. The zero-order valence-corrected chi connectivity index (χ0v) is 11.7. The molecule has 1 rings (SSSR count). The molecule has 0 aromatic heterocycles. The topological polar surface area (TPSA) is 63.4 Å². The molecule has 0 aliphatic heterocycles. The van der Waals surface area contributed by atoms with Crippen molar-refractivity contribution in [3.05, 3.63) is 29.8 Å². The van der Waals surface area contributed by atoms with Crippen molar-refractivity contribution in [1.29, 1.82) is 0 Å². The highest BCUT2D eigenvalue weighted by Crippen LogP contribution is 2.22. The highest BCUT2D eigenvalue weighted by Gasteiger charge is 2.20. The average molecular weight is 279 g/mol. The van der Waals surface area contributed by atoms with E-state index >= 15 is 0 Å². The highest BCUT2D eigenvalue weighted by atomic mass is 35.5. The van der Waals surface area contributed by atoms with E-state index in [0.717, 1.165) is 5.56 Å². The Labute approximate surface area is 109 Å². The lowest BCUT2D eigenvalue weighted by Crippen LogP contribution is -2.33. The lowest BCUT2D eigenvalue weighted by Gasteiger charge is -2.24. The van der Waals surface area contributed by atoms with Crippen molar-refractivity contribution in [2.24, 2.45) is 5.73 Å². The molecule has 0 spiro atoms. The Morgan fingerprint density at radius 2 is 1.82 bits per heavy atom. The number of halogens is 1. The van der Waals surface area contributed by atoms with Gasteiger partial charge < -0.3 is 5.73 Å². The fourth-order valence-electron chi connectivity index (χ4n) is 1.60. The first kappa shape index (κ1) is 16.2. The first-order valence-electron chi connectivity index (χ1n) is 5.35. The number of hydrogen-bond acceptors (Lipinski definition) is 3. The minimum Gasteiger partial charge on any atom is -0.326 e. The van der Waals surface area contributed by atoms with Crippen LogP contribution >= 0.6 is 12.4 Å². The molecule has 6 heteroatoms. The molecular formula is C11H19ClN2O2S. The van der Waals surface area contributed by atoms with Crippen LogP contribution < -0.4 is 10.0 Å². The Kier molecular flexibility index (Phi) is 6.52. The molecule has 1 aromatic carbocycles. The van der Waals surface area contributed by atoms with E-state index in [1.807, 2.05) is 25.1 Å². The third-order valence-corrected chi connectivity index (χ3v) is 4.32. The summed E-state index contributed by atoms with van der Waals surface area (Å²) in [6.07, 6.45) is 0. The van der Waals surface area contributed by atoms with Gasteiger partial charge in [-0.15, -0.1) is 12.4 Å². The van der Waals surface area contributed by atoms with Crippen molar-refractivity contribution in [2.45, 2.75) is 20.4 Å². The fourth-order valence-corrected chi connectivity index (χ4v) is 2.78. The lowest BCUT2D eigenvalue weighted by molar-refractivity contribution is 0.593. The summed E-state index contributed by atoms with van der Waals surface area (Å²) in [7, 11) is -3.22. The molecule has 0 heterocycles. The average Bonchev–Trinajstić information content (AvgIpc) is 2.30. The van der Waals surface area contributed by atoms with Crippen LogP contribution in [0.2, 0.25) is 0 Å². The number of sulfonamides is 1. The van der Waals surface area contributed by atoms with E-state index in [1.165, 1.54) is 4.31 Å². The molecule has 0 saturated carbocycles. The maximum Gasteiger partial charge on any atom is 0.234 e. The first-order valence-corrected chi connectivity index (χ1v) is 6.96. The Morgan fingerprint density at radius 1 is 1.24 bits per heavy atom. The van der Waals surface area contributed by atoms with Gasteiger partial charge in [-0.25, -0.2) is 8.42 Å². The molecule has 0 unspecified atom stereocenters. The minimum absolute atomic E-state index is 0. The first-order chi connectivity index (χ1) is 7.56. The third-order valence-electron chi connectivity index (χ3n) is 2.47. The second-order valence-electron chi connectivity index (χ2n) is 3.40. The van der Waals surface area contributed by atoms with Crippen molar-refractivity contribution in [2.75, 3.05) is 16.6 Å². The summed E-state index contributed by atoms with van der Waals surface area (Å²) in [4.78, 5) is 0. The summed E-state index contributed by atoms with van der Waals surface area (Å²) in [6.45, 7) is 4.22. The van der Waals surface area contributed by atoms with E-state index in [9.17, 15) is 8.42 Å². The number of benzene rings is 1. The standard InChI is InChI=1S/C11H18N2O2S.ClH/c1-3-13(16(14,15)4-2)11-8-6-5-7-10(11)9-12;/h5-8H,3-4,9,12H2,1-2H3;1H. The molecule has 0 fully saturated rings. The van der Waals surface area contributed by atoms with Crippen LogP contribution in [0.3, 0.4) is 0 Å². The number of hydrogen-bond donors (Lipinski definition) is 1. The van der Waals surface area contributed by atoms with Gasteiger partial charge in [0.05, 0.1) is 11.4 Å². The molecule has 98 valence electrons. The summed E-state index contributed by atoms with van der Waals surface area (Å²) in [5, 5.41) is 0. The van der Waals surface area contributed by atoms with E-state index in [1.54, 1.807) is 13.0 Å². The SMILES string of the molecule is CCN(c1ccccc1CN)S(=O)(=O)CC.Cl. The van der Waals surface area contributed by atoms with E-state index in [4.69, 9.17) is 5.73 Å². The normalized spacial score (nSPS) is 10.8. The predicted octanol–water partition coefficient (Wildman–Crippen LogP) is 1.74. The van der Waals surface area contributed by atoms with E-state index < -0.39 is 10.0 Å². The van der Waals surface area contributed by atoms with Gasteiger partial charge in [-0.3, -0.25) is 4.31 Å². The molecule has 17 heavy (non-hydrogen) atoms. The molecule has 0 amide bonds. The van der Waals surface area contributed by atoms with Crippen molar-refractivity contribution in [3.63, 3.8) is 0 Å². The van der Waals surface area contributed by atoms with E-state index in [0.29, 0.717) is 18.8 Å². The predicted molar refractivity (Wildman–Crippen MR) is 74.1 cm³/mol. The van der Waals surface area contributed by atoms with Gasteiger partial charge in [0.1, 0.15) is 0 Å². The smallest absolute Gasteiger partial charge is 0.234 e. The number of nitrogens with two attached hydrogens (primary N) is 1. The second kappa shape index (κ2) is 6.83. The van der Waals surface area contributed by atoms with Crippen LogP contribution in [0.5, 0.6) is 0 Å². The minimum atomic E-state index is -3.22. The van der Waals surface area contributed by atoms with Crippen LogP contribution in [0.4, 0.5) is 5.69 Å². The molecule has 0 aliphatic rings. The van der Waals surface area contributed by atoms with Gasteiger partial charge in [0.2, 0.25) is 10.0 Å². The van der Waals surface area contributed by atoms with Crippen molar-refractivity contribution in [1.82, 2.24) is 0 Å². The molecule has 4 nitrogen and oxygen atoms in total. The van der Waals surface area contributed by atoms with Crippen molar-refractivity contribution >= 4 is 28.1 Å². The number of rotatable bonds is 5.